The summed E-state index contributed by atoms with van der Waals surface area (Å²) >= 11 is 1.35. The fourth-order valence-corrected chi connectivity index (χ4v) is 3.41. The van der Waals surface area contributed by atoms with Gasteiger partial charge in [-0.2, -0.15) is 13.2 Å². The number of aryl methyl sites for hydroxylation is 1. The summed E-state index contributed by atoms with van der Waals surface area (Å²) in [6.45, 7) is 9.00. The van der Waals surface area contributed by atoms with Crippen molar-refractivity contribution in [2.45, 2.75) is 39.8 Å². The molecule has 0 spiro atoms. The monoisotopic (exact) mass is 401 g/mol. The third kappa shape index (κ3) is 6.70. The first-order valence-electron chi connectivity index (χ1n) is 9.09. The third-order valence-corrected chi connectivity index (χ3v) is 4.89. The summed E-state index contributed by atoms with van der Waals surface area (Å²) in [7, 11) is 0. The highest BCUT2D eigenvalue weighted by Crippen LogP contribution is 2.38. The number of benzene rings is 1. The zero-order valence-electron chi connectivity index (χ0n) is 15.9. The van der Waals surface area contributed by atoms with Crippen molar-refractivity contribution in [1.29, 1.82) is 0 Å². The van der Waals surface area contributed by atoms with E-state index in [1.807, 2.05) is 12.3 Å². The maximum Gasteiger partial charge on any atom is 0.420 e. The average molecular weight is 401 g/mol. The van der Waals surface area contributed by atoms with Crippen LogP contribution in [0.15, 0.2) is 23.6 Å². The normalized spacial score (nSPS) is 11.8. The number of hydrogen-bond acceptors (Lipinski definition) is 5. The van der Waals surface area contributed by atoms with Crippen molar-refractivity contribution >= 4 is 22.2 Å². The Kier molecular flexibility index (Phi) is 7.91. The number of nitrogens with zero attached hydrogens (tertiary/aromatic N) is 2. The minimum atomic E-state index is -4.48. The van der Waals surface area contributed by atoms with Crippen LogP contribution in [0.5, 0.6) is 5.75 Å². The summed E-state index contributed by atoms with van der Waals surface area (Å²) in [5.41, 5.74) is 0.383. The number of aromatic nitrogens is 1. The van der Waals surface area contributed by atoms with Gasteiger partial charge in [0.1, 0.15) is 5.75 Å². The lowest BCUT2D eigenvalue weighted by molar-refractivity contribution is -0.138. The lowest BCUT2D eigenvalue weighted by Crippen LogP contribution is -2.26. The summed E-state index contributed by atoms with van der Waals surface area (Å²) in [4.78, 5) is 6.47. The van der Waals surface area contributed by atoms with Gasteiger partial charge in [0.05, 0.1) is 17.9 Å². The van der Waals surface area contributed by atoms with Gasteiger partial charge in [-0.25, -0.2) is 4.98 Å². The molecule has 150 valence electrons. The first-order chi connectivity index (χ1) is 12.8. The van der Waals surface area contributed by atoms with Crippen LogP contribution in [-0.2, 0) is 6.18 Å². The van der Waals surface area contributed by atoms with Crippen LogP contribution in [0, 0.1) is 6.92 Å². The van der Waals surface area contributed by atoms with Gasteiger partial charge in [0.15, 0.2) is 5.13 Å². The van der Waals surface area contributed by atoms with E-state index < -0.39 is 11.7 Å². The van der Waals surface area contributed by atoms with Crippen LogP contribution in [0.1, 0.15) is 37.9 Å². The van der Waals surface area contributed by atoms with Gasteiger partial charge in [-0.1, -0.05) is 13.8 Å². The topological polar surface area (TPSA) is 37.4 Å². The molecule has 1 heterocycles. The van der Waals surface area contributed by atoms with E-state index in [1.165, 1.54) is 17.4 Å². The van der Waals surface area contributed by atoms with Crippen LogP contribution in [0.4, 0.5) is 24.0 Å². The molecule has 0 fully saturated rings. The Labute approximate surface area is 162 Å². The standard InChI is InChI=1S/C19H26F3N3OS/c1-4-9-25(5-2)10-6-11-26-17-8-7-15(12-16(17)19(20,21)22)24-18-23-14(3)13-27-18/h7-8,12-13H,4-6,9-11H2,1-3H3,(H,23,24). The molecule has 27 heavy (non-hydrogen) atoms. The number of nitrogens with one attached hydrogen (secondary N) is 1. The summed E-state index contributed by atoms with van der Waals surface area (Å²) in [5.74, 6) is -0.137. The van der Waals surface area contributed by atoms with Crippen LogP contribution in [0.3, 0.4) is 0 Å². The molecule has 0 aliphatic rings. The molecule has 0 unspecified atom stereocenters. The van der Waals surface area contributed by atoms with Gasteiger partial charge in [-0.05, 0) is 51.1 Å². The summed E-state index contributed by atoms with van der Waals surface area (Å²) < 4.78 is 45.8. The Morgan fingerprint density at radius 3 is 2.59 bits per heavy atom. The fourth-order valence-electron chi connectivity index (χ4n) is 2.70. The van der Waals surface area contributed by atoms with E-state index >= 15 is 0 Å². The van der Waals surface area contributed by atoms with Crippen molar-refractivity contribution in [2.24, 2.45) is 0 Å². The van der Waals surface area contributed by atoms with Crippen LogP contribution in [0.2, 0.25) is 0 Å². The minimum absolute atomic E-state index is 0.137. The van der Waals surface area contributed by atoms with E-state index in [1.54, 1.807) is 6.07 Å². The smallest absolute Gasteiger partial charge is 0.420 e. The Morgan fingerprint density at radius 1 is 1.22 bits per heavy atom. The molecule has 0 aliphatic carbocycles. The van der Waals surface area contributed by atoms with Crippen molar-refractivity contribution < 1.29 is 17.9 Å². The number of ether oxygens (including phenoxy) is 1. The molecule has 0 aliphatic heterocycles. The second-order valence-corrected chi connectivity index (χ2v) is 7.12. The number of halogens is 3. The molecule has 1 aromatic heterocycles. The highest BCUT2D eigenvalue weighted by Gasteiger charge is 2.34. The number of rotatable bonds is 10. The first kappa shape index (κ1) is 21.5. The van der Waals surface area contributed by atoms with Crippen molar-refractivity contribution in [3.8, 4) is 5.75 Å². The quantitative estimate of drug-likeness (QED) is 0.517. The molecule has 2 aromatic rings. The molecule has 2 rings (SSSR count). The van der Waals surface area contributed by atoms with E-state index in [-0.39, 0.29) is 12.4 Å². The Morgan fingerprint density at radius 2 is 2.00 bits per heavy atom. The number of alkyl halides is 3. The Balaban J connectivity index is 2.02. The highest BCUT2D eigenvalue weighted by molar-refractivity contribution is 7.13. The molecule has 0 bridgehead atoms. The van der Waals surface area contributed by atoms with E-state index in [2.05, 4.69) is 29.0 Å². The van der Waals surface area contributed by atoms with E-state index in [4.69, 9.17) is 4.74 Å². The van der Waals surface area contributed by atoms with Crippen molar-refractivity contribution in [1.82, 2.24) is 9.88 Å². The third-order valence-electron chi connectivity index (χ3n) is 4.02. The molecular formula is C19H26F3N3OS. The lowest BCUT2D eigenvalue weighted by Gasteiger charge is -2.20. The van der Waals surface area contributed by atoms with Gasteiger partial charge in [0.25, 0.3) is 0 Å². The zero-order valence-corrected chi connectivity index (χ0v) is 16.7. The van der Waals surface area contributed by atoms with Crippen molar-refractivity contribution in [2.75, 3.05) is 31.6 Å². The Hall–Kier alpha value is -1.80. The molecule has 1 aromatic carbocycles. The molecule has 0 saturated carbocycles. The van der Waals surface area contributed by atoms with Crippen molar-refractivity contribution in [3.63, 3.8) is 0 Å². The van der Waals surface area contributed by atoms with Gasteiger partial charge >= 0.3 is 6.18 Å². The summed E-state index contributed by atoms with van der Waals surface area (Å²) in [6.07, 6.45) is -2.74. The molecule has 0 atom stereocenters. The maximum atomic E-state index is 13.4. The van der Waals surface area contributed by atoms with Crippen LogP contribution < -0.4 is 10.1 Å². The number of thiazole rings is 1. The van der Waals surface area contributed by atoms with Gasteiger partial charge in [0.2, 0.25) is 0 Å². The molecule has 0 radical (unpaired) electrons. The van der Waals surface area contributed by atoms with Crippen LogP contribution in [-0.4, -0.2) is 36.1 Å². The molecule has 0 amide bonds. The molecule has 0 saturated heterocycles. The maximum absolute atomic E-state index is 13.4. The molecule has 8 heteroatoms. The number of anilines is 2. The first-order valence-corrected chi connectivity index (χ1v) is 9.97. The van der Waals surface area contributed by atoms with Crippen molar-refractivity contribution in [3.05, 3.63) is 34.8 Å². The molecular weight excluding hydrogens is 375 g/mol. The number of hydrogen-bond donors (Lipinski definition) is 1. The Bertz CT molecular complexity index is 718. The van der Waals surface area contributed by atoms with Gasteiger partial charge in [0, 0.05) is 17.6 Å². The molecule has 4 nitrogen and oxygen atoms in total. The van der Waals surface area contributed by atoms with Gasteiger partial charge in [-0.15, -0.1) is 11.3 Å². The zero-order chi connectivity index (χ0) is 19.9. The minimum Gasteiger partial charge on any atom is -0.493 e. The highest BCUT2D eigenvalue weighted by atomic mass is 32.1. The largest absolute Gasteiger partial charge is 0.493 e. The SMILES string of the molecule is CCCN(CC)CCCOc1ccc(Nc2nc(C)cs2)cc1C(F)(F)F. The molecule has 1 N–H and O–H groups in total. The van der Waals surface area contributed by atoms with Crippen LogP contribution in [0.25, 0.3) is 0 Å². The van der Waals surface area contributed by atoms with Gasteiger partial charge < -0.3 is 15.0 Å². The van der Waals surface area contributed by atoms with E-state index in [9.17, 15) is 13.2 Å². The predicted molar refractivity (Wildman–Crippen MR) is 104 cm³/mol. The van der Waals surface area contributed by atoms with Crippen LogP contribution >= 0.6 is 11.3 Å². The van der Waals surface area contributed by atoms with E-state index in [0.717, 1.165) is 37.8 Å². The summed E-state index contributed by atoms with van der Waals surface area (Å²) in [5, 5.41) is 5.31. The average Bonchev–Trinajstić information content (AvgIpc) is 3.02. The second kappa shape index (κ2) is 9.94. The van der Waals surface area contributed by atoms with Gasteiger partial charge in [-0.3, -0.25) is 0 Å². The lowest BCUT2D eigenvalue weighted by atomic mass is 10.1. The fraction of sp³-hybridized carbons (Fsp3) is 0.526. The second-order valence-electron chi connectivity index (χ2n) is 6.26. The van der Waals surface area contributed by atoms with E-state index in [0.29, 0.717) is 17.2 Å². The summed E-state index contributed by atoms with van der Waals surface area (Å²) in [6, 6.07) is 4.02. The predicted octanol–water partition coefficient (Wildman–Crippen LogP) is 5.71.